The van der Waals surface area contributed by atoms with Crippen LogP contribution in [0.3, 0.4) is 0 Å². The highest BCUT2D eigenvalue weighted by atomic mass is 16.4. The highest BCUT2D eigenvalue weighted by Gasteiger charge is 2.66. The van der Waals surface area contributed by atoms with Gasteiger partial charge in [-0.1, -0.05) is 27.7 Å². The van der Waals surface area contributed by atoms with Gasteiger partial charge in [0.1, 0.15) is 0 Å². The molecule has 0 bridgehead atoms. The third kappa shape index (κ3) is 1.65. The maximum atomic E-state index is 10.4. The molecule has 1 saturated carbocycles. The molecule has 0 spiro atoms. The third-order valence-corrected chi connectivity index (χ3v) is 4.25. The Morgan fingerprint density at radius 2 is 1.79 bits per heavy atom. The van der Waals surface area contributed by atoms with Crippen molar-refractivity contribution < 1.29 is 9.90 Å². The second kappa shape index (κ2) is 3.23. The van der Waals surface area contributed by atoms with E-state index in [1.54, 1.807) is 0 Å². The van der Waals surface area contributed by atoms with Crippen molar-refractivity contribution >= 4 is 5.97 Å². The van der Waals surface area contributed by atoms with Crippen molar-refractivity contribution in [2.24, 2.45) is 22.5 Å². The summed E-state index contributed by atoms with van der Waals surface area (Å²) in [4.78, 5) is 10.4. The minimum absolute atomic E-state index is 0.0242. The Morgan fingerprint density at radius 1 is 1.36 bits per heavy atom. The SMILES string of the molecule is CC1(C)C(C(N)CCC(=O)O)C1(C)C. The summed E-state index contributed by atoms with van der Waals surface area (Å²) in [6.07, 6.45) is 0.774. The fourth-order valence-electron chi connectivity index (χ4n) is 2.77. The highest BCUT2D eigenvalue weighted by Crippen LogP contribution is 2.69. The number of hydrogen-bond acceptors (Lipinski definition) is 2. The first kappa shape index (κ1) is 11.5. The first-order chi connectivity index (χ1) is 6.21. The second-order valence-corrected chi connectivity index (χ2v) is 5.52. The van der Waals surface area contributed by atoms with Crippen molar-refractivity contribution in [1.82, 2.24) is 0 Å². The van der Waals surface area contributed by atoms with Gasteiger partial charge < -0.3 is 10.8 Å². The van der Waals surface area contributed by atoms with Gasteiger partial charge in [0.25, 0.3) is 0 Å². The zero-order valence-corrected chi connectivity index (χ0v) is 9.50. The van der Waals surface area contributed by atoms with Crippen LogP contribution in [0.4, 0.5) is 0 Å². The van der Waals surface area contributed by atoms with Crippen LogP contribution in [-0.4, -0.2) is 17.1 Å². The molecular formula is C11H21NO2. The summed E-state index contributed by atoms with van der Waals surface area (Å²) in [6.45, 7) is 8.83. The number of nitrogens with two attached hydrogens (primary N) is 1. The maximum absolute atomic E-state index is 10.4. The molecule has 82 valence electrons. The molecule has 0 aliphatic heterocycles. The molecule has 1 fully saturated rings. The number of carboxylic acids is 1. The highest BCUT2D eigenvalue weighted by molar-refractivity contribution is 5.66. The molecule has 0 aromatic carbocycles. The third-order valence-electron chi connectivity index (χ3n) is 4.25. The van der Waals surface area contributed by atoms with Gasteiger partial charge in [0, 0.05) is 12.5 Å². The summed E-state index contributed by atoms with van der Waals surface area (Å²) >= 11 is 0. The summed E-state index contributed by atoms with van der Waals surface area (Å²) in [5.74, 6) is -0.300. The van der Waals surface area contributed by atoms with E-state index in [9.17, 15) is 4.79 Å². The summed E-state index contributed by atoms with van der Waals surface area (Å²) < 4.78 is 0. The number of carbonyl (C=O) groups is 1. The van der Waals surface area contributed by atoms with E-state index in [0.29, 0.717) is 12.3 Å². The molecule has 1 atom stereocenters. The van der Waals surface area contributed by atoms with Crippen molar-refractivity contribution in [2.75, 3.05) is 0 Å². The van der Waals surface area contributed by atoms with E-state index in [0.717, 1.165) is 0 Å². The van der Waals surface area contributed by atoms with E-state index in [-0.39, 0.29) is 23.3 Å². The van der Waals surface area contributed by atoms with Crippen LogP contribution in [0.2, 0.25) is 0 Å². The molecule has 0 heterocycles. The molecule has 0 radical (unpaired) electrons. The Hall–Kier alpha value is -0.570. The van der Waals surface area contributed by atoms with Crippen molar-refractivity contribution in [2.45, 2.75) is 46.6 Å². The quantitative estimate of drug-likeness (QED) is 0.726. The van der Waals surface area contributed by atoms with E-state index in [4.69, 9.17) is 10.8 Å². The van der Waals surface area contributed by atoms with E-state index < -0.39 is 5.97 Å². The molecule has 3 N–H and O–H groups in total. The number of carboxylic acid groups (broad SMARTS) is 1. The average molecular weight is 199 g/mol. The van der Waals surface area contributed by atoms with E-state index in [1.807, 2.05) is 0 Å². The normalized spacial score (nSPS) is 25.8. The van der Waals surface area contributed by atoms with Crippen LogP contribution in [0.25, 0.3) is 0 Å². The standard InChI is InChI=1S/C11H21NO2/c1-10(2)9(11(10,3)4)7(12)5-6-8(13)14/h7,9H,5-6,12H2,1-4H3,(H,13,14). The van der Waals surface area contributed by atoms with Gasteiger partial charge in [-0.15, -0.1) is 0 Å². The van der Waals surface area contributed by atoms with Gasteiger partial charge in [0.15, 0.2) is 0 Å². The average Bonchev–Trinajstić information content (AvgIpc) is 2.39. The largest absolute Gasteiger partial charge is 0.481 e. The number of rotatable bonds is 4. The maximum Gasteiger partial charge on any atom is 0.303 e. The van der Waals surface area contributed by atoms with Crippen molar-refractivity contribution in [1.29, 1.82) is 0 Å². The van der Waals surface area contributed by atoms with E-state index >= 15 is 0 Å². The second-order valence-electron chi connectivity index (χ2n) is 5.52. The molecule has 0 amide bonds. The lowest BCUT2D eigenvalue weighted by atomic mass is 10.0. The molecule has 1 rings (SSSR count). The molecule has 3 nitrogen and oxygen atoms in total. The number of aliphatic carboxylic acids is 1. The molecule has 1 unspecified atom stereocenters. The molecule has 1 aliphatic rings. The van der Waals surface area contributed by atoms with Crippen LogP contribution in [0, 0.1) is 16.7 Å². The monoisotopic (exact) mass is 199 g/mol. The van der Waals surface area contributed by atoms with Crippen LogP contribution < -0.4 is 5.73 Å². The smallest absolute Gasteiger partial charge is 0.303 e. The fraction of sp³-hybridized carbons (Fsp3) is 0.909. The zero-order chi connectivity index (χ0) is 11.1. The summed E-state index contributed by atoms with van der Waals surface area (Å²) in [5, 5.41) is 8.57. The van der Waals surface area contributed by atoms with Gasteiger partial charge in [-0.05, 0) is 23.2 Å². The molecule has 14 heavy (non-hydrogen) atoms. The Kier molecular flexibility index (Phi) is 2.65. The molecule has 0 saturated heterocycles. The lowest BCUT2D eigenvalue weighted by molar-refractivity contribution is -0.137. The minimum Gasteiger partial charge on any atom is -0.481 e. The Balaban J connectivity index is 2.49. The summed E-state index contributed by atoms with van der Waals surface area (Å²) in [5.41, 5.74) is 6.52. The van der Waals surface area contributed by atoms with Gasteiger partial charge in [-0.3, -0.25) is 4.79 Å². The fourth-order valence-corrected chi connectivity index (χ4v) is 2.77. The topological polar surface area (TPSA) is 63.3 Å². The first-order valence-corrected chi connectivity index (χ1v) is 5.18. The predicted octanol–water partition coefficient (Wildman–Crippen LogP) is 1.86. The molecule has 0 aromatic heterocycles. The van der Waals surface area contributed by atoms with Crippen LogP contribution in [-0.2, 0) is 4.79 Å². The molecule has 1 aliphatic carbocycles. The Bertz CT molecular complexity index is 232. The predicted molar refractivity (Wildman–Crippen MR) is 55.9 cm³/mol. The van der Waals surface area contributed by atoms with Crippen molar-refractivity contribution in [3.8, 4) is 0 Å². The zero-order valence-electron chi connectivity index (χ0n) is 9.50. The lowest BCUT2D eigenvalue weighted by Crippen LogP contribution is -2.26. The molecule has 3 heteroatoms. The first-order valence-electron chi connectivity index (χ1n) is 5.18. The Morgan fingerprint density at radius 3 is 2.07 bits per heavy atom. The van der Waals surface area contributed by atoms with Gasteiger partial charge in [-0.25, -0.2) is 0 Å². The van der Waals surface area contributed by atoms with E-state index in [1.165, 1.54) is 0 Å². The summed E-state index contributed by atoms with van der Waals surface area (Å²) in [7, 11) is 0. The van der Waals surface area contributed by atoms with Crippen molar-refractivity contribution in [3.63, 3.8) is 0 Å². The molecule has 0 aromatic rings. The summed E-state index contributed by atoms with van der Waals surface area (Å²) in [6, 6.07) is 0.0242. The van der Waals surface area contributed by atoms with Crippen LogP contribution in [0.5, 0.6) is 0 Å². The molecular weight excluding hydrogens is 178 g/mol. The van der Waals surface area contributed by atoms with Gasteiger partial charge in [-0.2, -0.15) is 0 Å². The minimum atomic E-state index is -0.753. The van der Waals surface area contributed by atoms with Gasteiger partial charge in [0.05, 0.1) is 0 Å². The number of hydrogen-bond donors (Lipinski definition) is 2. The van der Waals surface area contributed by atoms with Crippen molar-refractivity contribution in [3.05, 3.63) is 0 Å². The lowest BCUT2D eigenvalue weighted by Gasteiger charge is -2.11. The van der Waals surface area contributed by atoms with E-state index in [2.05, 4.69) is 27.7 Å². The Labute approximate surface area is 85.7 Å². The van der Waals surface area contributed by atoms with Crippen LogP contribution >= 0.6 is 0 Å². The van der Waals surface area contributed by atoms with Gasteiger partial charge in [0.2, 0.25) is 0 Å². The van der Waals surface area contributed by atoms with Crippen LogP contribution in [0.15, 0.2) is 0 Å². The van der Waals surface area contributed by atoms with Crippen LogP contribution in [0.1, 0.15) is 40.5 Å². The van der Waals surface area contributed by atoms with Gasteiger partial charge >= 0.3 is 5.97 Å².